The van der Waals surface area contributed by atoms with Gasteiger partial charge in [0.25, 0.3) is 0 Å². The van der Waals surface area contributed by atoms with E-state index >= 15 is 0 Å². The van der Waals surface area contributed by atoms with Gasteiger partial charge in [-0.3, -0.25) is 0 Å². The van der Waals surface area contributed by atoms with Crippen molar-refractivity contribution in [2.45, 2.75) is 18.0 Å². The fraction of sp³-hybridized carbons (Fsp3) is 0.300. The summed E-state index contributed by atoms with van der Waals surface area (Å²) in [6.07, 6.45) is -1.08. The molecule has 17 heavy (non-hydrogen) atoms. The SMILES string of the molecule is COC(=O)[C@H]1Nc2cc(C)ccc2S(=O)(=O)N1. The molecule has 1 aliphatic heterocycles. The van der Waals surface area contributed by atoms with Gasteiger partial charge in [-0.2, -0.15) is 4.72 Å². The largest absolute Gasteiger partial charge is 0.466 e. The Morgan fingerprint density at radius 3 is 2.76 bits per heavy atom. The van der Waals surface area contributed by atoms with Crippen LogP contribution in [0.5, 0.6) is 0 Å². The maximum Gasteiger partial charge on any atom is 0.344 e. The second-order valence-electron chi connectivity index (χ2n) is 3.72. The molecule has 0 radical (unpaired) electrons. The molecule has 1 atom stereocenters. The lowest BCUT2D eigenvalue weighted by Crippen LogP contribution is -2.50. The summed E-state index contributed by atoms with van der Waals surface area (Å²) in [6, 6.07) is 4.86. The van der Waals surface area contributed by atoms with Crippen molar-refractivity contribution in [2.75, 3.05) is 12.4 Å². The average Bonchev–Trinajstić information content (AvgIpc) is 2.26. The van der Waals surface area contributed by atoms with Crippen LogP contribution in [0, 0.1) is 6.92 Å². The molecule has 0 aliphatic carbocycles. The molecule has 1 aliphatic rings. The van der Waals surface area contributed by atoms with Crippen LogP contribution in [0.25, 0.3) is 0 Å². The molecular weight excluding hydrogens is 244 g/mol. The van der Waals surface area contributed by atoms with E-state index in [1.807, 2.05) is 6.92 Å². The van der Waals surface area contributed by atoms with Crippen LogP contribution in [-0.2, 0) is 19.6 Å². The van der Waals surface area contributed by atoms with Gasteiger partial charge in [-0.15, -0.1) is 0 Å². The summed E-state index contributed by atoms with van der Waals surface area (Å²) >= 11 is 0. The van der Waals surface area contributed by atoms with Crippen LogP contribution in [0.2, 0.25) is 0 Å². The van der Waals surface area contributed by atoms with E-state index in [2.05, 4.69) is 14.8 Å². The highest BCUT2D eigenvalue weighted by Crippen LogP contribution is 2.26. The molecule has 1 aromatic rings. The first-order valence-corrected chi connectivity index (χ1v) is 6.40. The molecule has 6 nitrogen and oxygen atoms in total. The van der Waals surface area contributed by atoms with Crippen LogP contribution in [0.4, 0.5) is 5.69 Å². The molecular formula is C10H12N2O4S. The predicted molar refractivity (Wildman–Crippen MR) is 60.9 cm³/mol. The fourth-order valence-corrected chi connectivity index (χ4v) is 2.87. The molecule has 2 rings (SSSR count). The summed E-state index contributed by atoms with van der Waals surface area (Å²) in [5, 5.41) is 2.78. The zero-order valence-corrected chi connectivity index (χ0v) is 10.2. The zero-order valence-electron chi connectivity index (χ0n) is 9.35. The van der Waals surface area contributed by atoms with E-state index in [1.54, 1.807) is 12.1 Å². The number of carbonyl (C=O) groups excluding carboxylic acids is 1. The summed E-state index contributed by atoms with van der Waals surface area (Å²) < 4.78 is 30.4. The van der Waals surface area contributed by atoms with E-state index < -0.39 is 22.2 Å². The molecule has 0 saturated carbocycles. The monoisotopic (exact) mass is 256 g/mol. The Hall–Kier alpha value is -1.60. The minimum atomic E-state index is -3.68. The number of rotatable bonds is 1. The first-order chi connectivity index (χ1) is 7.94. The number of ether oxygens (including phenoxy) is 1. The first kappa shape index (κ1) is 11.9. The molecule has 1 heterocycles. The molecule has 0 saturated heterocycles. The highest BCUT2D eigenvalue weighted by molar-refractivity contribution is 7.89. The lowest BCUT2D eigenvalue weighted by molar-refractivity contribution is -0.141. The lowest BCUT2D eigenvalue weighted by atomic mass is 10.2. The predicted octanol–water partition coefficient (Wildman–Crippen LogP) is 0.198. The number of sulfonamides is 1. The van der Waals surface area contributed by atoms with E-state index in [9.17, 15) is 13.2 Å². The summed E-state index contributed by atoms with van der Waals surface area (Å²) in [6.45, 7) is 1.84. The number of anilines is 1. The lowest BCUT2D eigenvalue weighted by Gasteiger charge is -2.26. The summed E-state index contributed by atoms with van der Waals surface area (Å²) in [5.41, 5.74) is 1.30. The summed E-state index contributed by atoms with van der Waals surface area (Å²) in [7, 11) is -2.48. The second kappa shape index (κ2) is 4.01. The van der Waals surface area contributed by atoms with Gasteiger partial charge in [0.2, 0.25) is 10.0 Å². The van der Waals surface area contributed by atoms with Crippen molar-refractivity contribution >= 4 is 21.7 Å². The average molecular weight is 256 g/mol. The van der Waals surface area contributed by atoms with Crippen molar-refractivity contribution in [1.29, 1.82) is 0 Å². The minimum absolute atomic E-state index is 0.128. The van der Waals surface area contributed by atoms with Gasteiger partial charge < -0.3 is 10.1 Å². The molecule has 0 aromatic heterocycles. The van der Waals surface area contributed by atoms with Crippen molar-refractivity contribution in [1.82, 2.24) is 4.72 Å². The molecule has 92 valence electrons. The number of methoxy groups -OCH3 is 1. The molecule has 0 amide bonds. The molecule has 0 fully saturated rings. The molecule has 1 aromatic carbocycles. The Balaban J connectivity index is 2.49. The maximum atomic E-state index is 11.9. The number of esters is 1. The number of nitrogens with one attached hydrogen (secondary N) is 2. The number of carbonyl (C=O) groups is 1. The number of benzene rings is 1. The Labute approximate surface area is 99.0 Å². The second-order valence-corrected chi connectivity index (χ2v) is 5.40. The molecule has 0 spiro atoms. The van der Waals surface area contributed by atoms with Crippen LogP contribution >= 0.6 is 0 Å². The number of aryl methyl sites for hydroxylation is 1. The first-order valence-electron chi connectivity index (χ1n) is 4.91. The van der Waals surface area contributed by atoms with Crippen LogP contribution in [-0.4, -0.2) is 27.7 Å². The molecule has 0 unspecified atom stereocenters. The quantitative estimate of drug-likeness (QED) is 0.701. The topological polar surface area (TPSA) is 84.5 Å². The minimum Gasteiger partial charge on any atom is -0.466 e. The van der Waals surface area contributed by atoms with Crippen LogP contribution in [0.15, 0.2) is 23.1 Å². The number of fused-ring (bicyclic) bond motifs is 1. The normalized spacial score (nSPS) is 21.2. The van der Waals surface area contributed by atoms with Crippen molar-refractivity contribution in [2.24, 2.45) is 0 Å². The van der Waals surface area contributed by atoms with Crippen molar-refractivity contribution in [3.8, 4) is 0 Å². The zero-order chi connectivity index (χ0) is 12.6. The smallest absolute Gasteiger partial charge is 0.344 e. The fourth-order valence-electron chi connectivity index (χ4n) is 1.62. The number of hydrogen-bond acceptors (Lipinski definition) is 5. The van der Waals surface area contributed by atoms with Crippen molar-refractivity contribution in [3.05, 3.63) is 23.8 Å². The Morgan fingerprint density at radius 2 is 2.12 bits per heavy atom. The van der Waals surface area contributed by atoms with E-state index in [1.165, 1.54) is 13.2 Å². The molecule has 7 heteroatoms. The third-order valence-corrected chi connectivity index (χ3v) is 3.92. The Kier molecular flexibility index (Phi) is 2.80. The molecule has 2 N–H and O–H groups in total. The van der Waals surface area contributed by atoms with Gasteiger partial charge >= 0.3 is 5.97 Å². The standard InChI is InChI=1S/C10H12N2O4S/c1-6-3-4-8-7(5-6)11-9(10(13)16-2)12-17(8,14)15/h3-5,9,11-12H,1-2H3/t9-/m0/s1. The highest BCUT2D eigenvalue weighted by Gasteiger charge is 2.33. The van der Waals surface area contributed by atoms with Gasteiger partial charge in [0, 0.05) is 0 Å². The van der Waals surface area contributed by atoms with Crippen molar-refractivity contribution < 1.29 is 17.9 Å². The van der Waals surface area contributed by atoms with Gasteiger partial charge in [0.15, 0.2) is 6.17 Å². The van der Waals surface area contributed by atoms with Crippen molar-refractivity contribution in [3.63, 3.8) is 0 Å². The molecule has 0 bridgehead atoms. The summed E-state index contributed by atoms with van der Waals surface area (Å²) in [5.74, 6) is -0.680. The van der Waals surface area contributed by atoms with Gasteiger partial charge in [-0.05, 0) is 24.6 Å². The van der Waals surface area contributed by atoms with Crippen LogP contribution < -0.4 is 10.0 Å². The van der Waals surface area contributed by atoms with Gasteiger partial charge in [-0.25, -0.2) is 13.2 Å². The number of hydrogen-bond donors (Lipinski definition) is 2. The Bertz CT molecular complexity index is 568. The van der Waals surface area contributed by atoms with E-state index in [0.717, 1.165) is 5.56 Å². The third-order valence-electron chi connectivity index (χ3n) is 2.43. The van der Waals surface area contributed by atoms with Gasteiger partial charge in [-0.1, -0.05) is 6.07 Å². The highest BCUT2D eigenvalue weighted by atomic mass is 32.2. The Morgan fingerprint density at radius 1 is 1.41 bits per heavy atom. The van der Waals surface area contributed by atoms with E-state index in [4.69, 9.17) is 0 Å². The van der Waals surface area contributed by atoms with Gasteiger partial charge in [0.1, 0.15) is 4.90 Å². The third kappa shape index (κ3) is 2.11. The van der Waals surface area contributed by atoms with Gasteiger partial charge in [0.05, 0.1) is 12.8 Å². The van der Waals surface area contributed by atoms with Crippen LogP contribution in [0.3, 0.4) is 0 Å². The van der Waals surface area contributed by atoms with E-state index in [-0.39, 0.29) is 4.90 Å². The maximum absolute atomic E-state index is 11.9. The van der Waals surface area contributed by atoms with E-state index in [0.29, 0.717) is 5.69 Å². The van der Waals surface area contributed by atoms with Crippen LogP contribution in [0.1, 0.15) is 5.56 Å². The summed E-state index contributed by atoms with van der Waals surface area (Å²) in [4.78, 5) is 11.5.